The molecule has 0 atom stereocenters. The Bertz CT molecular complexity index is 653. The molecule has 0 radical (unpaired) electrons. The van der Waals surface area contributed by atoms with E-state index >= 15 is 0 Å². The zero-order chi connectivity index (χ0) is 14.8. The predicted molar refractivity (Wildman–Crippen MR) is 85.1 cm³/mol. The maximum Gasteiger partial charge on any atom is 0.219 e. The van der Waals surface area contributed by atoms with Crippen molar-refractivity contribution in [2.75, 3.05) is 0 Å². The summed E-state index contributed by atoms with van der Waals surface area (Å²) in [6, 6.07) is 10.4. The molecule has 0 aliphatic heterocycles. The topological polar surface area (TPSA) is 34.1 Å². The average Bonchev–Trinajstić information content (AvgIpc) is 3.23. The molecule has 1 aromatic heterocycles. The van der Waals surface area contributed by atoms with E-state index in [1.54, 1.807) is 0 Å². The molecule has 1 aliphatic rings. The third-order valence-electron chi connectivity index (χ3n) is 3.51. The first-order valence-corrected chi connectivity index (χ1v) is 7.63. The summed E-state index contributed by atoms with van der Waals surface area (Å²) in [4.78, 5) is 4.45. The Hall–Kier alpha value is -1.58. The molecule has 0 spiro atoms. The van der Waals surface area contributed by atoms with Crippen LogP contribution < -0.4 is 10.1 Å². The lowest BCUT2D eigenvalue weighted by atomic mass is 10.2. The van der Waals surface area contributed by atoms with Crippen molar-refractivity contribution in [2.24, 2.45) is 0 Å². The van der Waals surface area contributed by atoms with E-state index in [2.05, 4.69) is 16.4 Å². The smallest absolute Gasteiger partial charge is 0.219 e. The number of nitrogens with zero attached hydrogens (tertiary/aromatic N) is 1. The Kier molecular flexibility index (Phi) is 4.13. The summed E-state index contributed by atoms with van der Waals surface area (Å²) < 4.78 is 5.91. The third kappa shape index (κ3) is 3.96. The molecule has 1 aromatic carbocycles. The van der Waals surface area contributed by atoms with Crippen LogP contribution in [0.15, 0.2) is 30.3 Å². The van der Waals surface area contributed by atoms with Crippen molar-refractivity contribution in [2.45, 2.75) is 39.3 Å². The van der Waals surface area contributed by atoms with Gasteiger partial charge in [0, 0.05) is 29.4 Å². The zero-order valence-corrected chi connectivity index (χ0v) is 13.1. The fourth-order valence-electron chi connectivity index (χ4n) is 2.25. The van der Waals surface area contributed by atoms with Crippen molar-refractivity contribution < 1.29 is 4.74 Å². The highest BCUT2D eigenvalue weighted by molar-refractivity contribution is 6.30. The third-order valence-corrected chi connectivity index (χ3v) is 3.75. The van der Waals surface area contributed by atoms with Crippen LogP contribution >= 0.6 is 11.6 Å². The van der Waals surface area contributed by atoms with Crippen molar-refractivity contribution in [1.29, 1.82) is 0 Å². The Labute approximate surface area is 130 Å². The van der Waals surface area contributed by atoms with Gasteiger partial charge in [0.2, 0.25) is 5.88 Å². The number of aromatic nitrogens is 1. The molecule has 0 saturated heterocycles. The number of hydrogen-bond acceptors (Lipinski definition) is 3. The van der Waals surface area contributed by atoms with E-state index in [-0.39, 0.29) is 0 Å². The number of halogens is 1. The maximum atomic E-state index is 5.97. The van der Waals surface area contributed by atoms with E-state index in [9.17, 15) is 0 Å². The summed E-state index contributed by atoms with van der Waals surface area (Å²) in [6.07, 6.45) is 2.58. The van der Waals surface area contributed by atoms with Gasteiger partial charge in [-0.05, 0) is 62.1 Å². The number of aryl methyl sites for hydroxylation is 2. The average molecular weight is 303 g/mol. The maximum absolute atomic E-state index is 5.97. The van der Waals surface area contributed by atoms with Gasteiger partial charge in [-0.25, -0.2) is 4.98 Å². The van der Waals surface area contributed by atoms with Gasteiger partial charge in [-0.1, -0.05) is 11.6 Å². The summed E-state index contributed by atoms with van der Waals surface area (Å²) in [6.45, 7) is 4.83. The van der Waals surface area contributed by atoms with E-state index in [1.807, 2.05) is 38.1 Å². The van der Waals surface area contributed by atoms with Crippen molar-refractivity contribution in [3.8, 4) is 11.6 Å². The van der Waals surface area contributed by atoms with Crippen LogP contribution in [-0.2, 0) is 6.54 Å². The second kappa shape index (κ2) is 6.04. The van der Waals surface area contributed by atoms with E-state index in [0.29, 0.717) is 16.9 Å². The quantitative estimate of drug-likeness (QED) is 0.889. The molecule has 0 bridgehead atoms. The van der Waals surface area contributed by atoms with Gasteiger partial charge < -0.3 is 10.1 Å². The van der Waals surface area contributed by atoms with Gasteiger partial charge >= 0.3 is 0 Å². The molecule has 2 aromatic rings. The van der Waals surface area contributed by atoms with Gasteiger partial charge in [0.25, 0.3) is 0 Å². The fraction of sp³-hybridized carbons (Fsp3) is 0.353. The fourth-order valence-corrected chi connectivity index (χ4v) is 2.48. The molecule has 3 rings (SSSR count). The minimum Gasteiger partial charge on any atom is -0.439 e. The van der Waals surface area contributed by atoms with Gasteiger partial charge in [-0.15, -0.1) is 0 Å². The molecular formula is C17H19ClN2O. The molecule has 1 saturated carbocycles. The Morgan fingerprint density at radius 1 is 1.24 bits per heavy atom. The van der Waals surface area contributed by atoms with E-state index in [0.717, 1.165) is 23.6 Å². The molecule has 1 aliphatic carbocycles. The highest BCUT2D eigenvalue weighted by Gasteiger charge is 2.20. The number of nitrogens with one attached hydrogen (secondary N) is 1. The van der Waals surface area contributed by atoms with Gasteiger partial charge in [0.05, 0.1) is 0 Å². The van der Waals surface area contributed by atoms with Crippen LogP contribution in [0.1, 0.15) is 29.7 Å². The Morgan fingerprint density at radius 2 is 2.05 bits per heavy atom. The number of hydrogen-bond donors (Lipinski definition) is 1. The highest BCUT2D eigenvalue weighted by atomic mass is 35.5. The largest absolute Gasteiger partial charge is 0.439 e. The minimum atomic E-state index is 0.632. The van der Waals surface area contributed by atoms with Crippen LogP contribution in [0.5, 0.6) is 11.6 Å². The molecule has 1 fully saturated rings. The summed E-state index contributed by atoms with van der Waals surface area (Å²) in [7, 11) is 0. The Balaban J connectivity index is 1.77. The summed E-state index contributed by atoms with van der Waals surface area (Å²) in [5.74, 6) is 1.42. The molecule has 110 valence electrons. The summed E-state index contributed by atoms with van der Waals surface area (Å²) >= 11 is 5.97. The normalized spacial score (nSPS) is 14.2. The van der Waals surface area contributed by atoms with E-state index in [1.165, 1.54) is 18.4 Å². The molecule has 3 nitrogen and oxygen atoms in total. The lowest BCUT2D eigenvalue weighted by Gasteiger charge is -2.11. The molecular weight excluding hydrogens is 284 g/mol. The van der Waals surface area contributed by atoms with E-state index < -0.39 is 0 Å². The second-order valence-corrected chi connectivity index (χ2v) is 6.06. The van der Waals surface area contributed by atoms with Crippen LogP contribution in [0.25, 0.3) is 0 Å². The van der Waals surface area contributed by atoms with Gasteiger partial charge in [-0.3, -0.25) is 0 Å². The molecule has 1 N–H and O–H groups in total. The molecule has 0 unspecified atom stereocenters. The lowest BCUT2D eigenvalue weighted by molar-refractivity contribution is 0.457. The van der Waals surface area contributed by atoms with Crippen LogP contribution in [0.3, 0.4) is 0 Å². The van der Waals surface area contributed by atoms with E-state index in [4.69, 9.17) is 16.3 Å². The van der Waals surface area contributed by atoms with Gasteiger partial charge in [-0.2, -0.15) is 0 Å². The van der Waals surface area contributed by atoms with Crippen LogP contribution in [0.4, 0.5) is 0 Å². The number of pyridine rings is 1. The molecule has 4 heteroatoms. The van der Waals surface area contributed by atoms with Crippen molar-refractivity contribution in [3.63, 3.8) is 0 Å². The Morgan fingerprint density at radius 3 is 2.76 bits per heavy atom. The molecule has 1 heterocycles. The molecule has 0 amide bonds. The van der Waals surface area contributed by atoms with Crippen molar-refractivity contribution in [1.82, 2.24) is 10.3 Å². The lowest BCUT2D eigenvalue weighted by Crippen LogP contribution is -2.15. The number of benzene rings is 1. The summed E-state index contributed by atoms with van der Waals surface area (Å²) in [5.41, 5.74) is 3.17. The number of rotatable bonds is 5. The van der Waals surface area contributed by atoms with Crippen LogP contribution in [0, 0.1) is 13.8 Å². The first kappa shape index (κ1) is 14.4. The van der Waals surface area contributed by atoms with Gasteiger partial charge in [0.1, 0.15) is 5.75 Å². The zero-order valence-electron chi connectivity index (χ0n) is 12.3. The highest BCUT2D eigenvalue weighted by Crippen LogP contribution is 2.27. The van der Waals surface area contributed by atoms with Crippen LogP contribution in [0.2, 0.25) is 5.02 Å². The van der Waals surface area contributed by atoms with Crippen molar-refractivity contribution in [3.05, 3.63) is 52.2 Å². The monoisotopic (exact) mass is 302 g/mol. The first-order valence-electron chi connectivity index (χ1n) is 7.25. The standard InChI is InChI=1S/C17H19ClN2O/c1-11-7-14(18)3-6-16(11)21-17-9-13(8-12(2)20-17)10-19-15-4-5-15/h3,6-9,15,19H,4-5,10H2,1-2H3. The minimum absolute atomic E-state index is 0.632. The van der Waals surface area contributed by atoms with Crippen molar-refractivity contribution >= 4 is 11.6 Å². The van der Waals surface area contributed by atoms with Crippen LogP contribution in [-0.4, -0.2) is 11.0 Å². The molecule has 21 heavy (non-hydrogen) atoms. The number of ether oxygens (including phenoxy) is 1. The second-order valence-electron chi connectivity index (χ2n) is 5.62. The summed E-state index contributed by atoms with van der Waals surface area (Å²) in [5, 5.41) is 4.22. The predicted octanol–water partition coefficient (Wildman–Crippen LogP) is 4.40. The SMILES string of the molecule is Cc1cc(CNC2CC2)cc(Oc2ccc(Cl)cc2C)n1. The van der Waals surface area contributed by atoms with Gasteiger partial charge in [0.15, 0.2) is 0 Å². The first-order chi connectivity index (χ1) is 10.1.